The second-order valence-electron chi connectivity index (χ2n) is 6.05. The number of methoxy groups -OCH3 is 1. The molecule has 0 fully saturated rings. The van der Waals surface area contributed by atoms with Gasteiger partial charge < -0.3 is 15.2 Å². The fourth-order valence-electron chi connectivity index (χ4n) is 2.89. The molecule has 2 N–H and O–H groups in total. The van der Waals surface area contributed by atoms with Gasteiger partial charge in [0.25, 0.3) is 0 Å². The lowest BCUT2D eigenvalue weighted by molar-refractivity contribution is -0.148. The summed E-state index contributed by atoms with van der Waals surface area (Å²) in [7, 11) is 1.61. The van der Waals surface area contributed by atoms with Crippen LogP contribution in [0.2, 0.25) is 5.02 Å². The van der Waals surface area contributed by atoms with Crippen LogP contribution in [-0.2, 0) is 32.9 Å². The van der Waals surface area contributed by atoms with Crippen LogP contribution in [0.15, 0.2) is 48.5 Å². The van der Waals surface area contributed by atoms with Crippen molar-refractivity contribution in [3.63, 3.8) is 0 Å². The number of carbonyl (C=O) groups is 2. The van der Waals surface area contributed by atoms with Crippen LogP contribution in [0.4, 0.5) is 0 Å². The van der Waals surface area contributed by atoms with Crippen molar-refractivity contribution in [1.29, 1.82) is 0 Å². The van der Waals surface area contributed by atoms with Gasteiger partial charge in [0.1, 0.15) is 0 Å². The van der Waals surface area contributed by atoms with Gasteiger partial charge in [-0.3, -0.25) is 4.79 Å². The first-order chi connectivity index (χ1) is 12.4. The van der Waals surface area contributed by atoms with Crippen molar-refractivity contribution in [2.75, 3.05) is 7.11 Å². The van der Waals surface area contributed by atoms with Crippen LogP contribution in [-0.4, -0.2) is 24.1 Å². The summed E-state index contributed by atoms with van der Waals surface area (Å²) in [6.07, 6.45) is 0.291. The molecule has 1 amide bonds. The summed E-state index contributed by atoms with van der Waals surface area (Å²) in [6.45, 7) is 2.18. The highest BCUT2D eigenvalue weighted by Crippen LogP contribution is 2.27. The highest BCUT2D eigenvalue weighted by Gasteiger charge is 2.40. The fourth-order valence-corrected chi connectivity index (χ4v) is 3.02. The third kappa shape index (κ3) is 4.62. The van der Waals surface area contributed by atoms with Crippen LogP contribution < -0.4 is 5.32 Å². The molecule has 2 rings (SSSR count). The summed E-state index contributed by atoms with van der Waals surface area (Å²) in [5, 5.41) is 13.0. The Balaban J connectivity index is 2.23. The van der Waals surface area contributed by atoms with Gasteiger partial charge in [0.05, 0.1) is 13.0 Å². The van der Waals surface area contributed by atoms with E-state index >= 15 is 0 Å². The number of nitrogens with one attached hydrogen (secondary N) is 1. The summed E-state index contributed by atoms with van der Waals surface area (Å²) >= 11 is 5.89. The summed E-state index contributed by atoms with van der Waals surface area (Å²) in [5.41, 5.74) is 0.739. The van der Waals surface area contributed by atoms with Gasteiger partial charge in [-0.15, -0.1) is 0 Å². The van der Waals surface area contributed by atoms with Gasteiger partial charge in [0.2, 0.25) is 5.91 Å². The van der Waals surface area contributed by atoms with Crippen LogP contribution in [0.3, 0.4) is 0 Å². The van der Waals surface area contributed by atoms with E-state index in [2.05, 4.69) is 5.32 Å². The molecule has 138 valence electrons. The fraction of sp³-hybridized carbons (Fsp3) is 0.300. The maximum Gasteiger partial charge on any atom is 0.334 e. The number of ether oxygens (including phenoxy) is 1. The molecule has 0 bridgehead atoms. The molecule has 6 heteroatoms. The van der Waals surface area contributed by atoms with E-state index in [-0.39, 0.29) is 18.7 Å². The minimum Gasteiger partial charge on any atom is -0.479 e. The second-order valence-corrected chi connectivity index (χ2v) is 6.49. The number of aliphatic carboxylic acids is 1. The van der Waals surface area contributed by atoms with E-state index < -0.39 is 11.5 Å². The van der Waals surface area contributed by atoms with E-state index in [0.29, 0.717) is 17.2 Å². The van der Waals surface area contributed by atoms with Crippen LogP contribution in [0, 0.1) is 0 Å². The summed E-state index contributed by atoms with van der Waals surface area (Å²) < 4.78 is 5.10. The number of hydrogen-bond acceptors (Lipinski definition) is 3. The van der Waals surface area contributed by atoms with E-state index in [9.17, 15) is 14.7 Å². The molecular weight excluding hydrogens is 354 g/mol. The lowest BCUT2D eigenvalue weighted by atomic mass is 9.87. The zero-order valence-corrected chi connectivity index (χ0v) is 15.5. The minimum atomic E-state index is -1.49. The molecule has 0 aromatic heterocycles. The lowest BCUT2D eigenvalue weighted by Crippen LogP contribution is -2.52. The number of carbonyl (C=O) groups excluding carboxylic acids is 1. The Kier molecular flexibility index (Phi) is 6.77. The Hall–Kier alpha value is -2.37. The van der Waals surface area contributed by atoms with Gasteiger partial charge >= 0.3 is 5.97 Å². The zero-order valence-electron chi connectivity index (χ0n) is 14.8. The van der Waals surface area contributed by atoms with Crippen LogP contribution in [0.5, 0.6) is 0 Å². The molecule has 0 heterocycles. The van der Waals surface area contributed by atoms with Gasteiger partial charge in [-0.05, 0) is 35.2 Å². The van der Waals surface area contributed by atoms with Gasteiger partial charge in [-0.2, -0.15) is 0 Å². The molecular formula is C20H22ClNO4. The zero-order chi connectivity index (χ0) is 19.2. The summed E-state index contributed by atoms with van der Waals surface area (Å²) in [5.74, 6) is -1.47. The predicted octanol–water partition coefficient (Wildman–Crippen LogP) is 3.54. The third-order valence-electron chi connectivity index (χ3n) is 4.25. The van der Waals surface area contributed by atoms with E-state index in [1.54, 1.807) is 38.3 Å². The van der Waals surface area contributed by atoms with Crippen molar-refractivity contribution >= 4 is 23.5 Å². The number of carboxylic acids is 1. The second kappa shape index (κ2) is 8.83. The van der Waals surface area contributed by atoms with Crippen molar-refractivity contribution in [3.05, 3.63) is 70.2 Å². The Morgan fingerprint density at radius 2 is 1.81 bits per heavy atom. The maximum atomic E-state index is 12.6. The number of halogens is 1. The van der Waals surface area contributed by atoms with E-state index in [0.717, 1.165) is 11.1 Å². The van der Waals surface area contributed by atoms with Gasteiger partial charge in [-0.1, -0.05) is 54.9 Å². The number of amides is 1. The summed E-state index contributed by atoms with van der Waals surface area (Å²) in [6, 6.07) is 13.9. The maximum absolute atomic E-state index is 12.6. The topological polar surface area (TPSA) is 75.6 Å². The molecule has 0 spiro atoms. The van der Waals surface area contributed by atoms with Crippen molar-refractivity contribution < 1.29 is 19.4 Å². The van der Waals surface area contributed by atoms with Crippen molar-refractivity contribution in [1.82, 2.24) is 5.32 Å². The van der Waals surface area contributed by atoms with Crippen LogP contribution in [0.25, 0.3) is 0 Å². The normalized spacial score (nSPS) is 13.0. The Morgan fingerprint density at radius 3 is 2.38 bits per heavy atom. The van der Waals surface area contributed by atoms with Crippen molar-refractivity contribution in [3.8, 4) is 0 Å². The van der Waals surface area contributed by atoms with Gasteiger partial charge in [0, 0.05) is 12.1 Å². The lowest BCUT2D eigenvalue weighted by Gasteiger charge is -2.30. The molecule has 0 radical (unpaired) electrons. The summed E-state index contributed by atoms with van der Waals surface area (Å²) in [4.78, 5) is 24.6. The first-order valence-corrected chi connectivity index (χ1v) is 8.66. The Bertz CT molecular complexity index is 776. The van der Waals surface area contributed by atoms with Gasteiger partial charge in [0.15, 0.2) is 5.54 Å². The molecule has 2 aromatic rings. The third-order valence-corrected chi connectivity index (χ3v) is 4.50. The average molecular weight is 376 g/mol. The monoisotopic (exact) mass is 375 g/mol. The minimum absolute atomic E-state index is 0.0835. The molecule has 0 saturated carbocycles. The Labute approximate surface area is 157 Å². The van der Waals surface area contributed by atoms with Crippen LogP contribution >= 0.6 is 11.6 Å². The van der Waals surface area contributed by atoms with Crippen molar-refractivity contribution in [2.45, 2.75) is 31.9 Å². The molecule has 2 aromatic carbocycles. The average Bonchev–Trinajstić information content (AvgIpc) is 2.61. The van der Waals surface area contributed by atoms with E-state index in [1.807, 2.05) is 24.3 Å². The molecule has 0 saturated heterocycles. The first-order valence-electron chi connectivity index (χ1n) is 8.28. The number of carboxylic acid groups (broad SMARTS) is 1. The first kappa shape index (κ1) is 19.9. The number of rotatable bonds is 8. The molecule has 0 aliphatic rings. The quantitative estimate of drug-likeness (QED) is 0.740. The number of benzene rings is 2. The van der Waals surface area contributed by atoms with Crippen molar-refractivity contribution in [2.24, 2.45) is 0 Å². The smallest absolute Gasteiger partial charge is 0.334 e. The standard InChI is InChI=1S/C20H22ClNO4/c1-3-20(19(24)25,16-7-9-17(21)10-8-16)22-18(23)12-14-5-4-6-15(11-14)13-26-2/h4-11H,3,12-13H2,1-2H3,(H,22,23)(H,24,25). The predicted molar refractivity (Wildman–Crippen MR) is 100 cm³/mol. The molecule has 0 aliphatic carbocycles. The number of hydrogen-bond donors (Lipinski definition) is 2. The van der Waals surface area contributed by atoms with E-state index in [4.69, 9.17) is 16.3 Å². The highest BCUT2D eigenvalue weighted by atomic mass is 35.5. The largest absolute Gasteiger partial charge is 0.479 e. The molecule has 1 atom stereocenters. The molecule has 5 nitrogen and oxygen atoms in total. The van der Waals surface area contributed by atoms with E-state index in [1.165, 1.54) is 0 Å². The van der Waals surface area contributed by atoms with Crippen LogP contribution in [0.1, 0.15) is 30.0 Å². The Morgan fingerprint density at radius 1 is 1.15 bits per heavy atom. The van der Waals surface area contributed by atoms with Gasteiger partial charge in [-0.25, -0.2) is 4.79 Å². The molecule has 26 heavy (non-hydrogen) atoms. The highest BCUT2D eigenvalue weighted by molar-refractivity contribution is 6.30. The molecule has 1 unspecified atom stereocenters. The SMILES string of the molecule is CCC(NC(=O)Cc1cccc(COC)c1)(C(=O)O)c1ccc(Cl)cc1. The molecule has 0 aliphatic heterocycles.